The van der Waals surface area contributed by atoms with Crippen molar-refractivity contribution in [3.8, 4) is 0 Å². The monoisotopic (exact) mass is 415 g/mol. The largest absolute Gasteiger partial charge is 0.368 e. The zero-order valence-corrected chi connectivity index (χ0v) is 16.0. The van der Waals surface area contributed by atoms with E-state index < -0.39 is 0 Å². The molecule has 0 saturated heterocycles. The molecular formula is C16H14FN9S2. The number of halogens is 1. The van der Waals surface area contributed by atoms with Gasteiger partial charge in [-0.3, -0.25) is 0 Å². The summed E-state index contributed by atoms with van der Waals surface area (Å²) in [6.45, 7) is 0.601. The molecule has 0 aliphatic carbocycles. The van der Waals surface area contributed by atoms with E-state index in [4.69, 9.17) is 5.73 Å². The number of nitrogens with two attached hydrogens (primary N) is 1. The lowest BCUT2D eigenvalue weighted by Gasteiger charge is -2.07. The zero-order chi connectivity index (χ0) is 19.3. The van der Waals surface area contributed by atoms with Crippen LogP contribution in [-0.4, -0.2) is 35.2 Å². The maximum Gasteiger partial charge on any atom is 0.232 e. The van der Waals surface area contributed by atoms with Crippen molar-refractivity contribution in [2.45, 2.75) is 17.5 Å². The summed E-state index contributed by atoms with van der Waals surface area (Å²) in [5.74, 6) is 0.947. The highest BCUT2D eigenvalue weighted by Crippen LogP contribution is 2.21. The highest BCUT2D eigenvalue weighted by atomic mass is 32.2. The van der Waals surface area contributed by atoms with E-state index in [9.17, 15) is 4.39 Å². The second-order valence-electron chi connectivity index (χ2n) is 5.55. The van der Waals surface area contributed by atoms with E-state index in [-0.39, 0.29) is 17.7 Å². The molecule has 0 saturated carbocycles. The number of anilines is 3. The Balaban J connectivity index is 1.45. The average Bonchev–Trinajstić information content (AvgIpc) is 3.34. The van der Waals surface area contributed by atoms with Gasteiger partial charge < -0.3 is 11.1 Å². The molecule has 9 nitrogen and oxygen atoms in total. The molecule has 0 atom stereocenters. The first kappa shape index (κ1) is 18.3. The van der Waals surface area contributed by atoms with Crippen LogP contribution >= 0.6 is 23.1 Å². The fourth-order valence-corrected chi connectivity index (χ4v) is 3.72. The maximum atomic E-state index is 13.0. The first-order valence-electron chi connectivity index (χ1n) is 8.10. The van der Waals surface area contributed by atoms with Gasteiger partial charge in [0.1, 0.15) is 11.6 Å². The van der Waals surface area contributed by atoms with E-state index in [0.717, 1.165) is 4.88 Å². The molecule has 3 aromatic heterocycles. The molecule has 12 heteroatoms. The maximum absolute atomic E-state index is 13.0. The van der Waals surface area contributed by atoms with Crippen molar-refractivity contribution in [3.63, 3.8) is 0 Å². The lowest BCUT2D eigenvalue weighted by molar-refractivity contribution is 0.608. The molecule has 0 amide bonds. The minimum Gasteiger partial charge on any atom is -0.368 e. The van der Waals surface area contributed by atoms with E-state index in [1.54, 1.807) is 28.2 Å². The number of tetrazole rings is 1. The molecule has 3 heterocycles. The molecule has 0 aliphatic rings. The number of nitrogens with zero attached hydrogens (tertiary/aromatic N) is 7. The summed E-state index contributed by atoms with van der Waals surface area (Å²) < 4.78 is 14.8. The molecule has 4 aromatic rings. The minimum atomic E-state index is -0.321. The van der Waals surface area contributed by atoms with Gasteiger partial charge in [0.05, 0.1) is 12.3 Å². The molecule has 142 valence electrons. The molecule has 0 spiro atoms. The third-order valence-corrected chi connectivity index (χ3v) is 5.33. The summed E-state index contributed by atoms with van der Waals surface area (Å²) >= 11 is 3.04. The molecule has 0 aliphatic heterocycles. The second kappa shape index (κ2) is 8.27. The Bertz CT molecular complexity index is 1050. The van der Waals surface area contributed by atoms with Crippen LogP contribution in [0, 0.1) is 5.82 Å². The highest BCUT2D eigenvalue weighted by Gasteiger charge is 2.11. The Morgan fingerprint density at radius 3 is 2.79 bits per heavy atom. The number of benzene rings is 1. The van der Waals surface area contributed by atoms with Gasteiger partial charge in [-0.2, -0.15) is 15.0 Å². The van der Waals surface area contributed by atoms with Crippen molar-refractivity contribution in [1.82, 2.24) is 35.2 Å². The van der Waals surface area contributed by atoms with Crippen LogP contribution < -0.4 is 11.1 Å². The molecule has 0 fully saturated rings. The second-order valence-corrected chi connectivity index (χ2v) is 7.53. The Kier molecular flexibility index (Phi) is 5.39. The van der Waals surface area contributed by atoms with Gasteiger partial charge in [0.25, 0.3) is 0 Å². The van der Waals surface area contributed by atoms with Gasteiger partial charge in [-0.05, 0) is 46.1 Å². The van der Waals surface area contributed by atoms with E-state index >= 15 is 0 Å². The Hall–Kier alpha value is -3.12. The third-order valence-electron chi connectivity index (χ3n) is 3.51. The minimum absolute atomic E-state index is 0.0911. The summed E-state index contributed by atoms with van der Waals surface area (Å²) in [5.41, 5.74) is 6.43. The van der Waals surface area contributed by atoms with E-state index in [2.05, 4.69) is 35.8 Å². The van der Waals surface area contributed by atoms with Crippen molar-refractivity contribution in [2.24, 2.45) is 0 Å². The number of hydrogen-bond donors (Lipinski definition) is 2. The fraction of sp³-hybridized carbons (Fsp3) is 0.125. The Morgan fingerprint density at radius 2 is 2.00 bits per heavy atom. The molecule has 28 heavy (non-hydrogen) atoms. The number of rotatable bonds is 7. The fourth-order valence-electron chi connectivity index (χ4n) is 2.30. The SMILES string of the molecule is Nc1nc(CSc2nnnn2Cc2cccs2)nc(Nc2ccc(F)cc2)n1. The van der Waals surface area contributed by atoms with Crippen molar-refractivity contribution < 1.29 is 4.39 Å². The van der Waals surface area contributed by atoms with Gasteiger partial charge in [-0.1, -0.05) is 17.8 Å². The van der Waals surface area contributed by atoms with Crippen LogP contribution in [0.15, 0.2) is 46.9 Å². The lowest BCUT2D eigenvalue weighted by atomic mass is 10.3. The highest BCUT2D eigenvalue weighted by molar-refractivity contribution is 7.98. The molecule has 3 N–H and O–H groups in total. The van der Waals surface area contributed by atoms with Gasteiger partial charge in [0, 0.05) is 10.6 Å². The third kappa shape index (κ3) is 4.58. The van der Waals surface area contributed by atoms with Crippen LogP contribution in [0.4, 0.5) is 22.0 Å². The predicted molar refractivity (Wildman–Crippen MR) is 105 cm³/mol. The number of thioether (sulfide) groups is 1. The molecular weight excluding hydrogens is 401 g/mol. The van der Waals surface area contributed by atoms with Gasteiger partial charge >= 0.3 is 0 Å². The van der Waals surface area contributed by atoms with Gasteiger partial charge in [-0.15, -0.1) is 16.4 Å². The standard InChI is InChI=1S/C16H14FN9S2/c17-10-3-5-11(6-4-10)19-15-21-13(20-14(18)22-15)9-28-16-23-24-25-26(16)8-12-2-1-7-27-12/h1-7H,8-9H2,(H3,18,19,20,21,22). The summed E-state index contributed by atoms with van der Waals surface area (Å²) in [7, 11) is 0. The van der Waals surface area contributed by atoms with Gasteiger partial charge in [0.15, 0.2) is 0 Å². The van der Waals surface area contributed by atoms with Crippen LogP contribution in [0.5, 0.6) is 0 Å². The summed E-state index contributed by atoms with van der Waals surface area (Å²) in [6.07, 6.45) is 0. The first-order valence-corrected chi connectivity index (χ1v) is 9.96. The summed E-state index contributed by atoms with van der Waals surface area (Å²) in [6, 6.07) is 9.88. The summed E-state index contributed by atoms with van der Waals surface area (Å²) in [5, 5.41) is 17.5. The lowest BCUT2D eigenvalue weighted by Crippen LogP contribution is -2.07. The van der Waals surface area contributed by atoms with E-state index in [1.165, 1.54) is 23.9 Å². The number of nitrogen functional groups attached to an aromatic ring is 1. The quantitative estimate of drug-likeness (QED) is 0.439. The van der Waals surface area contributed by atoms with Gasteiger partial charge in [0.2, 0.25) is 17.1 Å². The van der Waals surface area contributed by atoms with Crippen LogP contribution in [0.1, 0.15) is 10.7 Å². The van der Waals surface area contributed by atoms with E-state index in [0.29, 0.717) is 29.0 Å². The van der Waals surface area contributed by atoms with E-state index in [1.807, 2.05) is 17.5 Å². The van der Waals surface area contributed by atoms with Crippen LogP contribution in [0.25, 0.3) is 0 Å². The molecule has 1 aromatic carbocycles. The average molecular weight is 415 g/mol. The van der Waals surface area contributed by atoms with Gasteiger partial charge in [-0.25, -0.2) is 9.07 Å². The van der Waals surface area contributed by atoms with Crippen molar-refractivity contribution >= 4 is 40.7 Å². The molecule has 0 bridgehead atoms. The molecule has 0 radical (unpaired) electrons. The first-order chi connectivity index (χ1) is 13.7. The zero-order valence-electron chi connectivity index (χ0n) is 14.4. The number of nitrogens with one attached hydrogen (secondary N) is 1. The van der Waals surface area contributed by atoms with Crippen molar-refractivity contribution in [2.75, 3.05) is 11.1 Å². The normalized spacial score (nSPS) is 10.9. The molecule has 0 unspecified atom stereocenters. The molecule has 4 rings (SSSR count). The van der Waals surface area contributed by atoms with Crippen LogP contribution in [0.3, 0.4) is 0 Å². The number of thiophene rings is 1. The topological polar surface area (TPSA) is 120 Å². The Labute approximate surface area is 167 Å². The predicted octanol–water partition coefficient (Wildman–Crippen LogP) is 2.73. The van der Waals surface area contributed by atoms with Crippen molar-refractivity contribution in [1.29, 1.82) is 0 Å². The number of aromatic nitrogens is 7. The smallest absolute Gasteiger partial charge is 0.232 e. The number of hydrogen-bond acceptors (Lipinski definition) is 10. The van der Waals surface area contributed by atoms with Crippen LogP contribution in [-0.2, 0) is 12.3 Å². The van der Waals surface area contributed by atoms with Crippen molar-refractivity contribution in [3.05, 3.63) is 58.3 Å². The van der Waals surface area contributed by atoms with Crippen LogP contribution in [0.2, 0.25) is 0 Å². The Morgan fingerprint density at radius 1 is 1.14 bits per heavy atom. The summed E-state index contributed by atoms with van der Waals surface area (Å²) in [4.78, 5) is 13.7.